The van der Waals surface area contributed by atoms with Crippen LogP contribution in [0.25, 0.3) is 0 Å². The number of hydrogen-bond donors (Lipinski definition) is 0. The van der Waals surface area contributed by atoms with E-state index >= 15 is 0 Å². The fourth-order valence-corrected chi connectivity index (χ4v) is 1.06. The lowest BCUT2D eigenvalue weighted by atomic mass is 10.1. The summed E-state index contributed by atoms with van der Waals surface area (Å²) in [5, 5.41) is 0. The Morgan fingerprint density at radius 3 is 2.38 bits per heavy atom. The molecule has 1 heterocycles. The molecule has 0 aliphatic rings. The van der Waals surface area contributed by atoms with Crippen LogP contribution >= 0.6 is 0 Å². The molecule has 0 atom stereocenters. The lowest BCUT2D eigenvalue weighted by Crippen LogP contribution is -2.00. The van der Waals surface area contributed by atoms with E-state index in [-0.39, 0.29) is 6.42 Å². The highest BCUT2D eigenvalue weighted by atomic mass is 19.3. The maximum Gasteiger partial charge on any atom is 0.244 e. The molecule has 0 saturated heterocycles. The molecule has 1 rings (SSSR count). The van der Waals surface area contributed by atoms with Crippen LogP contribution in [0.3, 0.4) is 0 Å². The Morgan fingerprint density at radius 2 is 2.00 bits per heavy atom. The van der Waals surface area contributed by atoms with E-state index < -0.39 is 6.43 Å². The summed E-state index contributed by atoms with van der Waals surface area (Å²) in [6.07, 6.45) is -0.891. The van der Waals surface area contributed by atoms with E-state index in [0.29, 0.717) is 11.6 Å². The Bertz CT molecular complexity index is 254. The molecule has 72 valence electrons. The smallest absolute Gasteiger partial charge is 0.244 e. The third-order valence-corrected chi connectivity index (χ3v) is 1.88. The molecule has 0 spiro atoms. The zero-order chi connectivity index (χ0) is 9.84. The van der Waals surface area contributed by atoms with E-state index in [1.807, 2.05) is 19.9 Å². The molecule has 0 amide bonds. The number of hydrogen-bond acceptors (Lipinski definition) is 1. The van der Waals surface area contributed by atoms with Gasteiger partial charge in [-0.1, -0.05) is 19.9 Å². The van der Waals surface area contributed by atoms with E-state index in [0.717, 1.165) is 5.56 Å². The Kier molecular flexibility index (Phi) is 3.34. The molecule has 1 aromatic rings. The summed E-state index contributed by atoms with van der Waals surface area (Å²) in [4.78, 5) is 3.96. The SMILES string of the molecule is CC(C)c1ccc(CC(F)F)nc1. The van der Waals surface area contributed by atoms with Crippen molar-refractivity contribution < 1.29 is 8.78 Å². The summed E-state index contributed by atoms with van der Waals surface area (Å²) in [6, 6.07) is 3.52. The van der Waals surface area contributed by atoms with Gasteiger partial charge in [-0.25, -0.2) is 8.78 Å². The molecule has 0 bridgehead atoms. The van der Waals surface area contributed by atoms with Crippen molar-refractivity contribution in [2.24, 2.45) is 0 Å². The lowest BCUT2D eigenvalue weighted by Gasteiger charge is -2.05. The second-order valence-corrected chi connectivity index (χ2v) is 3.33. The van der Waals surface area contributed by atoms with E-state index in [4.69, 9.17) is 0 Å². The highest BCUT2D eigenvalue weighted by molar-refractivity contribution is 5.17. The maximum atomic E-state index is 11.9. The van der Waals surface area contributed by atoms with E-state index in [1.54, 1.807) is 12.3 Å². The monoisotopic (exact) mass is 185 g/mol. The number of rotatable bonds is 3. The van der Waals surface area contributed by atoms with Gasteiger partial charge < -0.3 is 0 Å². The predicted molar refractivity (Wildman–Crippen MR) is 48.0 cm³/mol. The molecule has 3 heteroatoms. The van der Waals surface area contributed by atoms with Crippen molar-refractivity contribution in [1.29, 1.82) is 0 Å². The molecule has 0 fully saturated rings. The minimum Gasteiger partial charge on any atom is -0.261 e. The van der Waals surface area contributed by atoms with Gasteiger partial charge in [0.25, 0.3) is 0 Å². The molecule has 0 aromatic carbocycles. The number of aromatic nitrogens is 1. The van der Waals surface area contributed by atoms with Gasteiger partial charge in [0.1, 0.15) is 0 Å². The van der Waals surface area contributed by atoms with Crippen LogP contribution in [0.15, 0.2) is 18.3 Å². The van der Waals surface area contributed by atoms with Crippen LogP contribution in [-0.2, 0) is 6.42 Å². The minimum absolute atomic E-state index is 0.252. The Morgan fingerprint density at radius 1 is 1.31 bits per heavy atom. The molecule has 1 nitrogen and oxygen atoms in total. The molecular weight excluding hydrogens is 172 g/mol. The standard InChI is InChI=1S/C10H13F2N/c1-7(2)8-3-4-9(13-6-8)5-10(11)12/h3-4,6-7,10H,5H2,1-2H3. The van der Waals surface area contributed by atoms with Gasteiger partial charge in [0.2, 0.25) is 6.43 Å². The Hall–Kier alpha value is -0.990. The Labute approximate surface area is 76.8 Å². The second kappa shape index (κ2) is 4.30. The molecule has 0 unspecified atom stereocenters. The fraction of sp³-hybridized carbons (Fsp3) is 0.500. The van der Waals surface area contributed by atoms with Gasteiger partial charge in [-0.3, -0.25) is 4.98 Å². The number of nitrogens with zero attached hydrogens (tertiary/aromatic N) is 1. The van der Waals surface area contributed by atoms with Crippen molar-refractivity contribution in [3.8, 4) is 0 Å². The van der Waals surface area contributed by atoms with Gasteiger partial charge in [0.05, 0.1) is 6.42 Å². The van der Waals surface area contributed by atoms with Crippen molar-refractivity contribution in [3.05, 3.63) is 29.6 Å². The summed E-state index contributed by atoms with van der Waals surface area (Å²) < 4.78 is 23.9. The lowest BCUT2D eigenvalue weighted by molar-refractivity contribution is 0.148. The van der Waals surface area contributed by atoms with Crippen LogP contribution in [0.5, 0.6) is 0 Å². The minimum atomic E-state index is -2.31. The molecule has 0 N–H and O–H groups in total. The van der Waals surface area contributed by atoms with Crippen molar-refractivity contribution >= 4 is 0 Å². The van der Waals surface area contributed by atoms with Crippen LogP contribution in [0.2, 0.25) is 0 Å². The van der Waals surface area contributed by atoms with Gasteiger partial charge in [-0.15, -0.1) is 0 Å². The molecule has 0 aliphatic heterocycles. The fourth-order valence-electron chi connectivity index (χ4n) is 1.06. The van der Waals surface area contributed by atoms with Crippen molar-refractivity contribution in [2.75, 3.05) is 0 Å². The summed E-state index contributed by atoms with van der Waals surface area (Å²) in [5.41, 5.74) is 1.54. The molecule has 0 saturated carbocycles. The van der Waals surface area contributed by atoms with E-state index in [1.165, 1.54) is 0 Å². The summed E-state index contributed by atoms with van der Waals surface area (Å²) in [7, 11) is 0. The highest BCUT2D eigenvalue weighted by Gasteiger charge is 2.06. The average molecular weight is 185 g/mol. The molecule has 13 heavy (non-hydrogen) atoms. The van der Waals surface area contributed by atoms with Gasteiger partial charge in [-0.05, 0) is 17.5 Å². The number of halogens is 2. The average Bonchev–Trinajstić information content (AvgIpc) is 2.04. The number of pyridine rings is 1. The van der Waals surface area contributed by atoms with Crippen molar-refractivity contribution in [3.63, 3.8) is 0 Å². The largest absolute Gasteiger partial charge is 0.261 e. The second-order valence-electron chi connectivity index (χ2n) is 3.33. The van der Waals surface area contributed by atoms with Crippen LogP contribution in [0.1, 0.15) is 31.0 Å². The number of alkyl halides is 2. The normalized spacial score (nSPS) is 11.2. The van der Waals surface area contributed by atoms with Gasteiger partial charge >= 0.3 is 0 Å². The van der Waals surface area contributed by atoms with Crippen molar-refractivity contribution in [1.82, 2.24) is 4.98 Å². The van der Waals surface area contributed by atoms with Crippen LogP contribution < -0.4 is 0 Å². The zero-order valence-electron chi connectivity index (χ0n) is 7.80. The first-order valence-corrected chi connectivity index (χ1v) is 4.32. The molecular formula is C10H13F2N. The third-order valence-electron chi connectivity index (χ3n) is 1.88. The van der Waals surface area contributed by atoms with Crippen LogP contribution in [0, 0.1) is 0 Å². The maximum absolute atomic E-state index is 11.9. The third kappa shape index (κ3) is 3.09. The quantitative estimate of drug-likeness (QED) is 0.705. The van der Waals surface area contributed by atoms with Gasteiger partial charge in [0, 0.05) is 11.9 Å². The van der Waals surface area contributed by atoms with Crippen molar-refractivity contribution in [2.45, 2.75) is 32.6 Å². The first-order chi connectivity index (χ1) is 6.09. The predicted octanol–water partition coefficient (Wildman–Crippen LogP) is 3.01. The molecule has 1 aromatic heterocycles. The highest BCUT2D eigenvalue weighted by Crippen LogP contribution is 2.13. The molecule has 0 aliphatic carbocycles. The van der Waals surface area contributed by atoms with E-state index in [2.05, 4.69) is 4.98 Å². The molecule has 0 radical (unpaired) electrons. The van der Waals surface area contributed by atoms with E-state index in [9.17, 15) is 8.78 Å². The zero-order valence-corrected chi connectivity index (χ0v) is 7.80. The Balaban J connectivity index is 2.70. The van der Waals surface area contributed by atoms with Crippen LogP contribution in [0.4, 0.5) is 8.78 Å². The summed E-state index contributed by atoms with van der Waals surface area (Å²) in [6.45, 7) is 4.09. The van der Waals surface area contributed by atoms with Crippen LogP contribution in [-0.4, -0.2) is 11.4 Å². The first kappa shape index (κ1) is 10.1. The summed E-state index contributed by atoms with van der Waals surface area (Å²) >= 11 is 0. The first-order valence-electron chi connectivity index (χ1n) is 4.32. The van der Waals surface area contributed by atoms with Gasteiger partial charge in [0.15, 0.2) is 0 Å². The van der Waals surface area contributed by atoms with Gasteiger partial charge in [-0.2, -0.15) is 0 Å². The topological polar surface area (TPSA) is 12.9 Å². The summed E-state index contributed by atoms with van der Waals surface area (Å²) in [5.74, 6) is 0.396.